The Morgan fingerprint density at radius 1 is 1.35 bits per heavy atom. The number of rotatable bonds is 7. The van der Waals surface area contributed by atoms with Crippen molar-refractivity contribution in [3.8, 4) is 6.07 Å². The van der Waals surface area contributed by atoms with E-state index in [0.717, 1.165) is 35.0 Å². The Labute approximate surface area is 127 Å². The topological polar surface area (TPSA) is 39.1 Å². The van der Waals surface area contributed by atoms with Gasteiger partial charge >= 0.3 is 0 Å². The van der Waals surface area contributed by atoms with Gasteiger partial charge in [0, 0.05) is 18.0 Å². The molecule has 0 aliphatic heterocycles. The van der Waals surface area contributed by atoms with Gasteiger partial charge in [-0.2, -0.15) is 5.26 Å². The first-order valence-corrected chi connectivity index (χ1v) is 7.92. The molecule has 0 fully saturated rings. The number of anilines is 1. The first kappa shape index (κ1) is 16.9. The highest BCUT2D eigenvalue weighted by molar-refractivity contribution is 7.99. The first-order valence-electron chi connectivity index (χ1n) is 6.94. The van der Waals surface area contributed by atoms with Crippen molar-refractivity contribution in [1.29, 1.82) is 5.26 Å². The van der Waals surface area contributed by atoms with Gasteiger partial charge in [-0.25, -0.2) is 0 Å². The fraction of sp³-hybridized carbons (Fsp3) is 0.562. The van der Waals surface area contributed by atoms with Gasteiger partial charge in [-0.15, -0.1) is 11.8 Å². The molecule has 0 saturated carbocycles. The minimum Gasteiger partial charge on any atom is -0.383 e. The predicted octanol–water partition coefficient (Wildman–Crippen LogP) is 3.67. The zero-order valence-corrected chi connectivity index (χ0v) is 14.0. The number of nitriles is 1. The van der Waals surface area contributed by atoms with Crippen molar-refractivity contribution in [2.24, 2.45) is 5.41 Å². The molecule has 0 unspecified atom stereocenters. The fourth-order valence-electron chi connectivity index (χ4n) is 2.32. The van der Waals surface area contributed by atoms with Gasteiger partial charge in [0.2, 0.25) is 0 Å². The van der Waals surface area contributed by atoms with Crippen molar-refractivity contribution in [2.75, 3.05) is 38.3 Å². The highest BCUT2D eigenvalue weighted by Gasteiger charge is 2.19. The third kappa shape index (κ3) is 5.07. The van der Waals surface area contributed by atoms with Gasteiger partial charge < -0.3 is 10.2 Å². The van der Waals surface area contributed by atoms with Crippen LogP contribution in [0.1, 0.15) is 26.3 Å². The van der Waals surface area contributed by atoms with Crippen LogP contribution in [0.25, 0.3) is 0 Å². The Kier molecular flexibility index (Phi) is 6.38. The average Bonchev–Trinajstić information content (AvgIpc) is 2.35. The second-order valence-electron chi connectivity index (χ2n) is 5.98. The summed E-state index contributed by atoms with van der Waals surface area (Å²) < 4.78 is 0. The molecule has 0 aromatic heterocycles. The van der Waals surface area contributed by atoms with Crippen LogP contribution in [0.4, 0.5) is 5.69 Å². The lowest BCUT2D eigenvalue weighted by Gasteiger charge is -2.29. The summed E-state index contributed by atoms with van der Waals surface area (Å²) >= 11 is 1.71. The van der Waals surface area contributed by atoms with E-state index in [0.29, 0.717) is 0 Å². The molecule has 1 aromatic rings. The molecule has 0 spiro atoms. The van der Waals surface area contributed by atoms with Crippen molar-refractivity contribution in [3.05, 3.63) is 23.8 Å². The largest absolute Gasteiger partial charge is 0.383 e. The lowest BCUT2D eigenvalue weighted by atomic mass is 9.92. The lowest BCUT2D eigenvalue weighted by molar-refractivity contribution is 0.254. The van der Waals surface area contributed by atoms with Crippen LogP contribution in [0.15, 0.2) is 23.1 Å². The first-order chi connectivity index (χ1) is 9.39. The van der Waals surface area contributed by atoms with E-state index in [1.807, 2.05) is 18.2 Å². The van der Waals surface area contributed by atoms with E-state index < -0.39 is 0 Å². The van der Waals surface area contributed by atoms with Crippen LogP contribution >= 0.6 is 11.8 Å². The Morgan fingerprint density at radius 3 is 2.60 bits per heavy atom. The third-order valence-corrected chi connectivity index (χ3v) is 3.88. The van der Waals surface area contributed by atoms with E-state index in [9.17, 15) is 5.26 Å². The van der Waals surface area contributed by atoms with Gasteiger partial charge in [-0.05, 0) is 37.4 Å². The molecule has 0 heterocycles. The van der Waals surface area contributed by atoms with Crippen LogP contribution in [0, 0.1) is 16.7 Å². The van der Waals surface area contributed by atoms with Gasteiger partial charge in [-0.1, -0.05) is 26.8 Å². The van der Waals surface area contributed by atoms with E-state index in [1.165, 1.54) is 0 Å². The Balaban J connectivity index is 2.83. The van der Waals surface area contributed by atoms with Gasteiger partial charge in [-0.3, -0.25) is 0 Å². The Bertz CT molecular complexity index is 475. The highest BCUT2D eigenvalue weighted by Crippen LogP contribution is 2.28. The standard InChI is InChI=1S/C16H25N3S/c1-6-20-15-9-7-8-14(13(15)10-17)18-11-16(2,3)12-19(4)5/h7-9,18H,6,11-12H2,1-5H3. The quantitative estimate of drug-likeness (QED) is 0.778. The molecule has 110 valence electrons. The number of nitrogens with one attached hydrogen (secondary N) is 1. The summed E-state index contributed by atoms with van der Waals surface area (Å²) in [6.07, 6.45) is 0. The predicted molar refractivity (Wildman–Crippen MR) is 88.4 cm³/mol. The van der Waals surface area contributed by atoms with E-state index in [4.69, 9.17) is 0 Å². The number of thioether (sulfide) groups is 1. The molecule has 1 rings (SSSR count). The van der Waals surface area contributed by atoms with Crippen LogP contribution in [-0.4, -0.2) is 37.8 Å². The van der Waals surface area contributed by atoms with Crippen LogP contribution in [0.3, 0.4) is 0 Å². The van der Waals surface area contributed by atoms with Crippen molar-refractivity contribution in [1.82, 2.24) is 4.90 Å². The van der Waals surface area contributed by atoms with E-state index in [-0.39, 0.29) is 5.41 Å². The van der Waals surface area contributed by atoms with Crippen LogP contribution in [0.5, 0.6) is 0 Å². The third-order valence-electron chi connectivity index (χ3n) is 2.94. The summed E-state index contributed by atoms with van der Waals surface area (Å²) in [6, 6.07) is 8.35. The molecule has 0 aliphatic rings. The van der Waals surface area contributed by atoms with Gasteiger partial charge in [0.15, 0.2) is 0 Å². The number of hydrogen-bond acceptors (Lipinski definition) is 4. The van der Waals surface area contributed by atoms with Crippen molar-refractivity contribution < 1.29 is 0 Å². The molecule has 3 nitrogen and oxygen atoms in total. The van der Waals surface area contributed by atoms with E-state index >= 15 is 0 Å². The smallest absolute Gasteiger partial charge is 0.102 e. The molecular formula is C16H25N3S. The second kappa shape index (κ2) is 7.56. The summed E-state index contributed by atoms with van der Waals surface area (Å²) in [6.45, 7) is 8.42. The van der Waals surface area contributed by atoms with Gasteiger partial charge in [0.1, 0.15) is 6.07 Å². The fourth-order valence-corrected chi connectivity index (χ4v) is 3.10. The average molecular weight is 291 g/mol. The van der Waals surface area contributed by atoms with Crippen LogP contribution < -0.4 is 5.32 Å². The molecule has 0 saturated heterocycles. The SMILES string of the molecule is CCSc1cccc(NCC(C)(C)CN(C)C)c1C#N. The molecule has 0 bridgehead atoms. The summed E-state index contributed by atoms with van der Waals surface area (Å²) in [7, 11) is 4.17. The van der Waals surface area contributed by atoms with Gasteiger partial charge in [0.25, 0.3) is 0 Å². The molecule has 4 heteroatoms. The zero-order chi connectivity index (χ0) is 15.2. The summed E-state index contributed by atoms with van der Waals surface area (Å²) in [4.78, 5) is 3.25. The minimum atomic E-state index is 0.157. The molecular weight excluding hydrogens is 266 g/mol. The molecule has 1 aromatic carbocycles. The number of benzene rings is 1. The molecule has 1 N–H and O–H groups in total. The number of nitrogens with zero attached hydrogens (tertiary/aromatic N) is 2. The van der Waals surface area contributed by atoms with E-state index in [1.54, 1.807) is 11.8 Å². The van der Waals surface area contributed by atoms with Crippen molar-refractivity contribution >= 4 is 17.4 Å². The molecule has 20 heavy (non-hydrogen) atoms. The maximum Gasteiger partial charge on any atom is 0.102 e. The second-order valence-corrected chi connectivity index (χ2v) is 7.28. The monoisotopic (exact) mass is 291 g/mol. The normalized spacial score (nSPS) is 11.4. The summed E-state index contributed by atoms with van der Waals surface area (Å²) in [5.41, 5.74) is 1.86. The van der Waals surface area contributed by atoms with Gasteiger partial charge in [0.05, 0.1) is 11.3 Å². The Morgan fingerprint density at radius 2 is 2.05 bits per heavy atom. The van der Waals surface area contributed by atoms with Crippen LogP contribution in [-0.2, 0) is 0 Å². The van der Waals surface area contributed by atoms with E-state index in [2.05, 4.69) is 51.2 Å². The number of hydrogen-bond donors (Lipinski definition) is 1. The van der Waals surface area contributed by atoms with Crippen molar-refractivity contribution in [2.45, 2.75) is 25.7 Å². The van der Waals surface area contributed by atoms with Crippen LogP contribution in [0.2, 0.25) is 0 Å². The molecule has 0 aliphatic carbocycles. The molecule has 0 radical (unpaired) electrons. The highest BCUT2D eigenvalue weighted by atomic mass is 32.2. The van der Waals surface area contributed by atoms with Crippen molar-refractivity contribution in [3.63, 3.8) is 0 Å². The maximum atomic E-state index is 9.39. The lowest BCUT2D eigenvalue weighted by Crippen LogP contribution is -2.34. The molecule has 0 atom stereocenters. The minimum absolute atomic E-state index is 0.157. The Hall–Kier alpha value is -1.18. The zero-order valence-electron chi connectivity index (χ0n) is 13.2. The summed E-state index contributed by atoms with van der Waals surface area (Å²) in [5, 5.41) is 12.8. The molecule has 0 amide bonds. The summed E-state index contributed by atoms with van der Waals surface area (Å²) in [5.74, 6) is 0.976. The maximum absolute atomic E-state index is 9.39.